The van der Waals surface area contributed by atoms with Crippen molar-refractivity contribution in [1.82, 2.24) is 5.43 Å². The minimum atomic E-state index is -0.447. The summed E-state index contributed by atoms with van der Waals surface area (Å²) in [5, 5.41) is 11.0. The van der Waals surface area contributed by atoms with Crippen LogP contribution in [0.4, 0.5) is 5.69 Å². The van der Waals surface area contributed by atoms with Gasteiger partial charge in [-0.05, 0) is 81.1 Å². The Bertz CT molecular complexity index is 811. The Morgan fingerprint density at radius 3 is 2.26 bits per heavy atom. The van der Waals surface area contributed by atoms with Gasteiger partial charge in [-0.2, -0.15) is 0 Å². The van der Waals surface area contributed by atoms with Crippen LogP contribution in [0.2, 0.25) is 0 Å². The fourth-order valence-corrected chi connectivity index (χ4v) is 3.97. The number of hydrogen-bond donors (Lipinski definition) is 2. The molecule has 23 heavy (non-hydrogen) atoms. The molecule has 0 spiro atoms. The monoisotopic (exact) mass is 532 g/mol. The highest BCUT2D eigenvalue weighted by atomic mass is 127. The highest BCUT2D eigenvalue weighted by molar-refractivity contribution is 14.1. The van der Waals surface area contributed by atoms with Crippen LogP contribution in [0, 0.1) is 7.14 Å². The Labute approximate surface area is 159 Å². The number of halogens is 2. The third-order valence-corrected chi connectivity index (χ3v) is 4.90. The fraction of sp³-hybridized carbons (Fsp3) is 0. The lowest BCUT2D eigenvalue weighted by molar-refractivity contribution is -0.117. The van der Waals surface area contributed by atoms with Crippen LogP contribution < -0.4 is 10.4 Å². The molecular formula is C16H10I2N2O3. The topological polar surface area (TPSA) is 69.6 Å². The Morgan fingerprint density at radius 2 is 1.65 bits per heavy atom. The van der Waals surface area contributed by atoms with Crippen LogP contribution in [-0.2, 0) is 9.59 Å². The molecule has 0 atom stereocenters. The van der Waals surface area contributed by atoms with Crippen molar-refractivity contribution in [2.24, 2.45) is 0 Å². The number of nitrogens with one attached hydrogen (secondary N) is 1. The molecule has 2 aromatic carbocycles. The zero-order valence-corrected chi connectivity index (χ0v) is 15.9. The predicted molar refractivity (Wildman–Crippen MR) is 104 cm³/mol. The largest absolute Gasteiger partial charge is 0.506 e. The predicted octanol–water partition coefficient (Wildman–Crippen LogP) is 3.06. The van der Waals surface area contributed by atoms with E-state index in [-0.39, 0.29) is 11.3 Å². The number of rotatable bonds is 2. The summed E-state index contributed by atoms with van der Waals surface area (Å²) in [6.07, 6.45) is 1.53. The van der Waals surface area contributed by atoms with Crippen molar-refractivity contribution in [1.29, 1.82) is 0 Å². The van der Waals surface area contributed by atoms with E-state index in [4.69, 9.17) is 0 Å². The molecule has 2 N–H and O–H groups in total. The fourth-order valence-electron chi connectivity index (χ4n) is 2.15. The van der Waals surface area contributed by atoms with E-state index in [2.05, 4.69) is 5.43 Å². The average molecular weight is 532 g/mol. The van der Waals surface area contributed by atoms with Crippen molar-refractivity contribution in [3.05, 3.63) is 60.7 Å². The van der Waals surface area contributed by atoms with Gasteiger partial charge in [-0.15, -0.1) is 0 Å². The summed E-state index contributed by atoms with van der Waals surface area (Å²) in [4.78, 5) is 24.6. The molecular weight excluding hydrogens is 522 g/mol. The maximum Gasteiger partial charge on any atom is 0.282 e. The van der Waals surface area contributed by atoms with E-state index >= 15 is 0 Å². The first kappa shape index (κ1) is 16.2. The summed E-state index contributed by atoms with van der Waals surface area (Å²) < 4.78 is 1.32. The van der Waals surface area contributed by atoms with Gasteiger partial charge >= 0.3 is 0 Å². The molecule has 5 nitrogen and oxygen atoms in total. The molecule has 2 amide bonds. The summed E-state index contributed by atoms with van der Waals surface area (Å²) in [5.74, 6) is -0.655. The van der Waals surface area contributed by atoms with E-state index in [9.17, 15) is 14.7 Å². The van der Waals surface area contributed by atoms with Gasteiger partial charge < -0.3 is 5.11 Å². The number of amides is 2. The highest BCUT2D eigenvalue weighted by Crippen LogP contribution is 2.29. The van der Waals surface area contributed by atoms with Crippen LogP contribution in [-0.4, -0.2) is 16.9 Å². The second kappa shape index (κ2) is 6.48. The van der Waals surface area contributed by atoms with Crippen LogP contribution in [0.1, 0.15) is 5.56 Å². The molecule has 0 radical (unpaired) electrons. The Hall–Kier alpha value is -1.62. The van der Waals surface area contributed by atoms with Crippen molar-refractivity contribution >= 4 is 68.8 Å². The van der Waals surface area contributed by atoms with Crippen molar-refractivity contribution < 1.29 is 14.7 Å². The van der Waals surface area contributed by atoms with Gasteiger partial charge in [-0.3, -0.25) is 15.0 Å². The van der Waals surface area contributed by atoms with Crippen LogP contribution in [0.25, 0.3) is 6.08 Å². The smallest absolute Gasteiger partial charge is 0.282 e. The number of phenolic OH excluding ortho intramolecular Hbond substituents is 1. The van der Waals surface area contributed by atoms with E-state index in [1.807, 2.05) is 51.2 Å². The summed E-state index contributed by atoms with van der Waals surface area (Å²) >= 11 is 4.01. The normalized spacial score (nSPS) is 16.1. The number of benzene rings is 2. The van der Waals surface area contributed by atoms with Crippen molar-refractivity contribution in [2.45, 2.75) is 0 Å². The number of carbonyl (C=O) groups excluding carboxylic acids is 2. The molecule has 1 aliphatic rings. The number of aromatic hydroxyl groups is 1. The molecule has 7 heteroatoms. The molecule has 1 aliphatic heterocycles. The number of nitrogens with zero attached hydrogens (tertiary/aromatic N) is 1. The molecule has 2 aromatic rings. The van der Waals surface area contributed by atoms with Crippen molar-refractivity contribution in [3.63, 3.8) is 0 Å². The molecule has 0 aromatic heterocycles. The zero-order chi connectivity index (χ0) is 16.6. The zero-order valence-electron chi connectivity index (χ0n) is 11.6. The summed E-state index contributed by atoms with van der Waals surface area (Å²) in [7, 11) is 0. The second-order valence-corrected chi connectivity index (χ2v) is 7.13. The van der Waals surface area contributed by atoms with Crippen LogP contribution in [0.5, 0.6) is 5.75 Å². The minimum absolute atomic E-state index is 0.0612. The van der Waals surface area contributed by atoms with Gasteiger partial charge in [-0.1, -0.05) is 18.2 Å². The second-order valence-electron chi connectivity index (χ2n) is 4.81. The van der Waals surface area contributed by atoms with E-state index in [0.29, 0.717) is 18.4 Å². The Kier molecular flexibility index (Phi) is 4.57. The van der Waals surface area contributed by atoms with Crippen molar-refractivity contribution in [3.8, 4) is 5.75 Å². The third-order valence-electron chi connectivity index (χ3n) is 3.26. The number of para-hydroxylation sites is 1. The maximum atomic E-state index is 12.5. The molecule has 0 unspecified atom stereocenters. The summed E-state index contributed by atoms with van der Waals surface area (Å²) in [6.45, 7) is 0. The molecule has 116 valence electrons. The van der Waals surface area contributed by atoms with Gasteiger partial charge in [0, 0.05) is 0 Å². The Morgan fingerprint density at radius 1 is 1.04 bits per heavy atom. The first-order valence-corrected chi connectivity index (χ1v) is 8.73. The number of carbonyl (C=O) groups is 2. The number of phenols is 1. The molecule has 0 aliphatic carbocycles. The van der Waals surface area contributed by atoms with Gasteiger partial charge in [0.05, 0.1) is 12.8 Å². The minimum Gasteiger partial charge on any atom is -0.506 e. The Balaban J connectivity index is 1.97. The van der Waals surface area contributed by atoms with E-state index in [1.54, 1.807) is 36.4 Å². The van der Waals surface area contributed by atoms with Gasteiger partial charge in [0.2, 0.25) is 0 Å². The maximum absolute atomic E-state index is 12.5. The number of anilines is 1. The standard InChI is InChI=1S/C16H10I2N2O3/c17-12-7-9(8-13(18)14(12)21)6-11-15(22)19-20(16(11)23)10-4-2-1-3-5-10/h1-8,21H,(H,19,22)/b11-6-. The van der Waals surface area contributed by atoms with Crippen molar-refractivity contribution in [2.75, 3.05) is 5.01 Å². The van der Waals surface area contributed by atoms with Gasteiger partial charge in [0.1, 0.15) is 11.3 Å². The first-order chi connectivity index (χ1) is 11.0. The lowest BCUT2D eigenvalue weighted by atomic mass is 10.1. The third kappa shape index (κ3) is 3.20. The van der Waals surface area contributed by atoms with Gasteiger partial charge in [0.15, 0.2) is 0 Å². The lowest BCUT2D eigenvalue weighted by Crippen LogP contribution is -2.35. The number of hydrazine groups is 1. The molecule has 1 saturated heterocycles. The van der Waals surface area contributed by atoms with Gasteiger partial charge in [0.25, 0.3) is 11.8 Å². The molecule has 1 heterocycles. The quantitative estimate of drug-likeness (QED) is 0.355. The van der Waals surface area contributed by atoms with Gasteiger partial charge in [-0.25, -0.2) is 5.01 Å². The number of hydrogen-bond acceptors (Lipinski definition) is 3. The molecule has 0 saturated carbocycles. The SMILES string of the molecule is O=C1NN(c2ccccc2)C(=O)/C1=C\c1cc(I)c(O)c(I)c1. The average Bonchev–Trinajstić information content (AvgIpc) is 2.81. The highest BCUT2D eigenvalue weighted by Gasteiger charge is 2.34. The molecule has 0 bridgehead atoms. The van der Waals surface area contributed by atoms with E-state index in [0.717, 1.165) is 0 Å². The van der Waals surface area contributed by atoms with E-state index in [1.165, 1.54) is 11.1 Å². The van der Waals surface area contributed by atoms with Crippen LogP contribution in [0.3, 0.4) is 0 Å². The van der Waals surface area contributed by atoms with Crippen LogP contribution >= 0.6 is 45.2 Å². The van der Waals surface area contributed by atoms with Crippen LogP contribution in [0.15, 0.2) is 48.0 Å². The summed E-state index contributed by atoms with van der Waals surface area (Å²) in [6, 6.07) is 12.3. The molecule has 1 fully saturated rings. The summed E-state index contributed by atoms with van der Waals surface area (Å²) in [5.41, 5.74) is 3.90. The lowest BCUT2D eigenvalue weighted by Gasteiger charge is -2.13. The van der Waals surface area contributed by atoms with E-state index < -0.39 is 11.8 Å². The molecule has 3 rings (SSSR count). The first-order valence-electron chi connectivity index (χ1n) is 6.57.